The first kappa shape index (κ1) is 17.5. The fourth-order valence-corrected chi connectivity index (χ4v) is 3.12. The summed E-state index contributed by atoms with van der Waals surface area (Å²) in [5, 5.41) is 13.3. The van der Waals surface area contributed by atoms with Gasteiger partial charge < -0.3 is 10.6 Å². The Morgan fingerprint density at radius 2 is 2.22 bits per heavy atom. The number of hydrogen-bond acceptors (Lipinski definition) is 3. The molecule has 0 saturated heterocycles. The van der Waals surface area contributed by atoms with E-state index in [9.17, 15) is 0 Å². The van der Waals surface area contributed by atoms with Crippen LogP contribution >= 0.6 is 11.3 Å². The quantitative estimate of drug-likeness (QED) is 0.444. The number of nitrogens with zero attached hydrogens (tertiary/aromatic N) is 3. The average molecular weight is 334 g/mol. The summed E-state index contributed by atoms with van der Waals surface area (Å²) in [5.41, 5.74) is 2.29. The van der Waals surface area contributed by atoms with Crippen molar-refractivity contribution in [3.05, 3.63) is 39.8 Å². The van der Waals surface area contributed by atoms with E-state index in [1.807, 2.05) is 6.92 Å². The van der Waals surface area contributed by atoms with Crippen LogP contribution in [0.3, 0.4) is 0 Å². The predicted octanol–water partition coefficient (Wildman–Crippen LogP) is 2.75. The van der Waals surface area contributed by atoms with Crippen LogP contribution in [0.4, 0.5) is 0 Å². The highest BCUT2D eigenvalue weighted by atomic mass is 32.1. The maximum atomic E-state index is 4.64. The molecule has 126 valence electrons. The third-order valence-electron chi connectivity index (χ3n) is 3.49. The fraction of sp³-hybridized carbons (Fsp3) is 0.529. The number of hydrogen-bond donors (Lipinski definition) is 2. The normalized spacial score (nSPS) is 11.7. The van der Waals surface area contributed by atoms with Crippen molar-refractivity contribution >= 4 is 17.3 Å². The van der Waals surface area contributed by atoms with Crippen LogP contribution in [0, 0.1) is 13.8 Å². The lowest BCUT2D eigenvalue weighted by atomic mass is 10.3. The Bertz CT molecular complexity index is 601. The van der Waals surface area contributed by atoms with Crippen molar-refractivity contribution in [1.82, 2.24) is 20.4 Å². The first-order valence-corrected chi connectivity index (χ1v) is 9.12. The van der Waals surface area contributed by atoms with E-state index in [1.54, 1.807) is 11.3 Å². The Morgan fingerprint density at radius 1 is 1.35 bits per heavy atom. The average Bonchev–Trinajstić information content (AvgIpc) is 3.13. The number of aromatic nitrogens is 2. The second kappa shape index (κ2) is 9.35. The molecule has 5 nitrogen and oxygen atoms in total. The van der Waals surface area contributed by atoms with Crippen LogP contribution < -0.4 is 10.6 Å². The molecular weight excluding hydrogens is 306 g/mol. The van der Waals surface area contributed by atoms with Gasteiger partial charge in [-0.3, -0.25) is 9.67 Å². The molecule has 2 aromatic rings. The van der Waals surface area contributed by atoms with Crippen molar-refractivity contribution in [2.75, 3.05) is 19.6 Å². The molecule has 0 radical (unpaired) electrons. The summed E-state index contributed by atoms with van der Waals surface area (Å²) in [4.78, 5) is 6.04. The number of aryl methyl sites for hydroxylation is 3. The highest BCUT2D eigenvalue weighted by molar-refractivity contribution is 7.09. The van der Waals surface area contributed by atoms with E-state index in [0.29, 0.717) is 0 Å². The minimum atomic E-state index is 0.798. The lowest BCUT2D eigenvalue weighted by Gasteiger charge is -2.11. The minimum absolute atomic E-state index is 0.798. The van der Waals surface area contributed by atoms with Gasteiger partial charge >= 0.3 is 0 Å². The van der Waals surface area contributed by atoms with Gasteiger partial charge in [-0.05, 0) is 51.1 Å². The summed E-state index contributed by atoms with van der Waals surface area (Å²) in [5.74, 6) is 0.900. The Kier molecular flexibility index (Phi) is 7.13. The Hall–Kier alpha value is -1.82. The Balaban J connectivity index is 1.73. The van der Waals surface area contributed by atoms with Crippen molar-refractivity contribution < 1.29 is 0 Å². The molecule has 6 heteroatoms. The van der Waals surface area contributed by atoms with E-state index in [4.69, 9.17) is 0 Å². The van der Waals surface area contributed by atoms with Gasteiger partial charge in [0.25, 0.3) is 0 Å². The number of nitrogens with one attached hydrogen (secondary N) is 2. The highest BCUT2D eigenvalue weighted by Crippen LogP contribution is 2.08. The first-order chi connectivity index (χ1) is 11.2. The van der Waals surface area contributed by atoms with Crippen molar-refractivity contribution in [2.24, 2.45) is 4.99 Å². The van der Waals surface area contributed by atoms with Crippen molar-refractivity contribution in [3.63, 3.8) is 0 Å². The van der Waals surface area contributed by atoms with Gasteiger partial charge in [-0.15, -0.1) is 11.3 Å². The minimum Gasteiger partial charge on any atom is -0.357 e. The van der Waals surface area contributed by atoms with Gasteiger partial charge in [0, 0.05) is 36.8 Å². The van der Waals surface area contributed by atoms with Gasteiger partial charge in [-0.25, -0.2) is 0 Å². The molecule has 0 unspecified atom stereocenters. The van der Waals surface area contributed by atoms with Crippen LogP contribution in [0.5, 0.6) is 0 Å². The van der Waals surface area contributed by atoms with Gasteiger partial charge in [0.1, 0.15) is 0 Å². The van der Waals surface area contributed by atoms with Crippen molar-refractivity contribution in [1.29, 1.82) is 0 Å². The molecule has 23 heavy (non-hydrogen) atoms. The largest absolute Gasteiger partial charge is 0.357 e. The van der Waals surface area contributed by atoms with Gasteiger partial charge in [0.05, 0.1) is 5.69 Å². The number of thiophene rings is 1. The molecule has 0 spiro atoms. The number of aliphatic imine (C=N–C) groups is 1. The lowest BCUT2D eigenvalue weighted by Crippen LogP contribution is -2.38. The predicted molar refractivity (Wildman–Crippen MR) is 98.3 cm³/mol. The molecule has 2 heterocycles. The zero-order valence-corrected chi connectivity index (χ0v) is 15.1. The van der Waals surface area contributed by atoms with E-state index in [2.05, 4.69) is 62.8 Å². The van der Waals surface area contributed by atoms with E-state index in [-0.39, 0.29) is 0 Å². The molecule has 0 aromatic carbocycles. The molecule has 0 atom stereocenters. The van der Waals surface area contributed by atoms with Crippen LogP contribution in [0.25, 0.3) is 0 Å². The molecule has 0 amide bonds. The summed E-state index contributed by atoms with van der Waals surface area (Å²) in [6, 6.07) is 6.38. The van der Waals surface area contributed by atoms with Crippen molar-refractivity contribution in [2.45, 2.75) is 40.2 Å². The zero-order chi connectivity index (χ0) is 16.5. The van der Waals surface area contributed by atoms with Crippen LogP contribution in [0.2, 0.25) is 0 Å². The summed E-state index contributed by atoms with van der Waals surface area (Å²) in [6.07, 6.45) is 2.03. The maximum absolute atomic E-state index is 4.64. The van der Waals surface area contributed by atoms with Crippen LogP contribution in [-0.2, 0) is 13.0 Å². The lowest BCUT2D eigenvalue weighted by molar-refractivity contribution is 0.567. The standard InChI is InChI=1S/C17H27N5S/c1-4-18-17(20-10-8-16-7-5-12-23-16)19-9-6-11-22-15(3)13-14(2)21-22/h5,7,12-13H,4,6,8-11H2,1-3H3,(H2,18,19,20). The van der Waals surface area contributed by atoms with Crippen molar-refractivity contribution in [3.8, 4) is 0 Å². The molecule has 0 bridgehead atoms. The van der Waals surface area contributed by atoms with Gasteiger partial charge in [-0.2, -0.15) is 5.10 Å². The summed E-state index contributed by atoms with van der Waals surface area (Å²) in [6.45, 7) is 9.71. The molecule has 0 aliphatic heterocycles. The number of rotatable bonds is 8. The van der Waals surface area contributed by atoms with Gasteiger partial charge in [0.2, 0.25) is 0 Å². The van der Waals surface area contributed by atoms with Gasteiger partial charge in [-0.1, -0.05) is 6.07 Å². The molecular formula is C17H27N5S. The van der Waals surface area contributed by atoms with E-state index < -0.39 is 0 Å². The molecule has 0 aliphatic rings. The van der Waals surface area contributed by atoms with Gasteiger partial charge in [0.15, 0.2) is 5.96 Å². The van der Waals surface area contributed by atoms with Crippen LogP contribution in [0.1, 0.15) is 29.6 Å². The molecule has 2 rings (SSSR count). The van der Waals surface area contributed by atoms with E-state index in [0.717, 1.165) is 50.7 Å². The Morgan fingerprint density at radius 3 is 2.87 bits per heavy atom. The Labute approximate surface area is 142 Å². The third-order valence-corrected chi connectivity index (χ3v) is 4.43. The maximum Gasteiger partial charge on any atom is 0.191 e. The zero-order valence-electron chi connectivity index (χ0n) is 14.3. The second-order valence-electron chi connectivity index (χ2n) is 5.52. The monoisotopic (exact) mass is 333 g/mol. The molecule has 2 aromatic heterocycles. The summed E-state index contributed by atoms with van der Waals surface area (Å²) in [7, 11) is 0. The third kappa shape index (κ3) is 6.06. The molecule has 0 fully saturated rings. The second-order valence-corrected chi connectivity index (χ2v) is 6.55. The smallest absolute Gasteiger partial charge is 0.191 e. The first-order valence-electron chi connectivity index (χ1n) is 8.24. The summed E-state index contributed by atoms with van der Waals surface area (Å²) >= 11 is 1.80. The topological polar surface area (TPSA) is 54.2 Å². The number of guanidine groups is 1. The van der Waals surface area contributed by atoms with Crippen LogP contribution in [0.15, 0.2) is 28.6 Å². The molecule has 0 saturated carbocycles. The SMILES string of the molecule is CCNC(=NCCCn1nc(C)cc1C)NCCc1cccs1. The fourth-order valence-electron chi connectivity index (χ4n) is 2.41. The van der Waals surface area contributed by atoms with E-state index in [1.165, 1.54) is 10.6 Å². The van der Waals surface area contributed by atoms with E-state index >= 15 is 0 Å². The highest BCUT2D eigenvalue weighted by Gasteiger charge is 2.01. The molecule has 2 N–H and O–H groups in total. The van der Waals surface area contributed by atoms with Crippen LogP contribution in [-0.4, -0.2) is 35.4 Å². The molecule has 0 aliphatic carbocycles. The summed E-state index contributed by atoms with van der Waals surface area (Å²) < 4.78 is 2.06.